The molecule has 1 fully saturated rings. The van der Waals surface area contributed by atoms with Crippen LogP contribution in [0.4, 0.5) is 29.3 Å². The third kappa shape index (κ3) is 7.57. The van der Waals surface area contributed by atoms with Gasteiger partial charge in [0.2, 0.25) is 5.75 Å². The summed E-state index contributed by atoms with van der Waals surface area (Å²) in [6.07, 6.45) is -3.59. The SMILES string of the molecule is CCOc1cc(/C=C2\C(=O)NC(=O)N(c3ccc(OCc4ccccc4)cc3)C2=O)cc(I)c1Oc1ccc(C(F)(F)F)cc1[N+](=O)[O-]. The summed E-state index contributed by atoms with van der Waals surface area (Å²) in [5.41, 5.74) is -1.14. The summed E-state index contributed by atoms with van der Waals surface area (Å²) in [6, 6.07) is 19.3. The molecule has 1 aliphatic rings. The van der Waals surface area contributed by atoms with Crippen molar-refractivity contribution in [2.75, 3.05) is 11.5 Å². The number of imide groups is 2. The van der Waals surface area contributed by atoms with Crippen LogP contribution in [0, 0.1) is 13.7 Å². The molecule has 0 unspecified atom stereocenters. The van der Waals surface area contributed by atoms with Gasteiger partial charge in [-0.3, -0.25) is 25.0 Å². The predicted octanol–water partition coefficient (Wildman–Crippen LogP) is 7.65. The van der Waals surface area contributed by atoms with Crippen molar-refractivity contribution in [1.29, 1.82) is 0 Å². The summed E-state index contributed by atoms with van der Waals surface area (Å²) in [6.45, 7) is 2.04. The van der Waals surface area contributed by atoms with E-state index in [0.717, 1.165) is 16.5 Å². The number of urea groups is 1. The number of rotatable bonds is 10. The van der Waals surface area contributed by atoms with Gasteiger partial charge in [-0.2, -0.15) is 13.2 Å². The number of ether oxygens (including phenoxy) is 3. The number of nitrogens with one attached hydrogen (secondary N) is 1. The van der Waals surface area contributed by atoms with E-state index in [2.05, 4.69) is 5.32 Å². The molecule has 0 saturated carbocycles. The number of barbiturate groups is 1. The maximum absolute atomic E-state index is 13.5. The predicted molar refractivity (Wildman–Crippen MR) is 175 cm³/mol. The molecule has 1 N–H and O–H groups in total. The first kappa shape index (κ1) is 33.9. The first-order chi connectivity index (χ1) is 22.8. The number of hydrogen-bond acceptors (Lipinski definition) is 8. The lowest BCUT2D eigenvalue weighted by Gasteiger charge is -2.26. The van der Waals surface area contributed by atoms with Crippen LogP contribution in [0.25, 0.3) is 6.08 Å². The molecule has 0 bridgehead atoms. The van der Waals surface area contributed by atoms with Crippen molar-refractivity contribution >= 4 is 57.9 Å². The Morgan fingerprint density at radius 2 is 1.65 bits per heavy atom. The molecule has 0 spiro atoms. The molecule has 4 aromatic carbocycles. The van der Waals surface area contributed by atoms with Crippen molar-refractivity contribution in [2.24, 2.45) is 0 Å². The van der Waals surface area contributed by atoms with Gasteiger partial charge in [0.1, 0.15) is 17.9 Å². The zero-order valence-electron chi connectivity index (χ0n) is 24.7. The van der Waals surface area contributed by atoms with Crippen molar-refractivity contribution in [3.05, 3.63) is 121 Å². The van der Waals surface area contributed by atoms with Crippen LogP contribution in [0.5, 0.6) is 23.0 Å². The van der Waals surface area contributed by atoms with E-state index in [-0.39, 0.29) is 38.5 Å². The van der Waals surface area contributed by atoms with Gasteiger partial charge in [-0.15, -0.1) is 0 Å². The highest BCUT2D eigenvalue weighted by atomic mass is 127. The van der Waals surface area contributed by atoms with E-state index in [1.54, 1.807) is 19.1 Å². The maximum atomic E-state index is 13.5. The second-order valence-corrected chi connectivity index (χ2v) is 11.2. The van der Waals surface area contributed by atoms with E-state index in [1.807, 2.05) is 52.9 Å². The largest absolute Gasteiger partial charge is 0.490 e. The third-order valence-electron chi connectivity index (χ3n) is 6.78. The Kier molecular flexibility index (Phi) is 9.98. The second-order valence-electron chi connectivity index (χ2n) is 10.0. The summed E-state index contributed by atoms with van der Waals surface area (Å²) in [7, 11) is 0. The lowest BCUT2D eigenvalue weighted by molar-refractivity contribution is -0.385. The monoisotopic (exact) mass is 773 g/mol. The van der Waals surface area contributed by atoms with Gasteiger partial charge in [-0.25, -0.2) is 9.69 Å². The van der Waals surface area contributed by atoms with Crippen LogP contribution in [0.2, 0.25) is 0 Å². The van der Waals surface area contributed by atoms with Gasteiger partial charge in [0, 0.05) is 6.07 Å². The van der Waals surface area contributed by atoms with Gasteiger partial charge >= 0.3 is 17.9 Å². The quantitative estimate of drug-likeness (QED) is 0.0571. The number of nitrogens with zero attached hydrogens (tertiary/aromatic N) is 2. The van der Waals surface area contributed by atoms with Crippen LogP contribution in [0.15, 0.2) is 90.5 Å². The number of amides is 4. The highest BCUT2D eigenvalue weighted by Crippen LogP contribution is 2.43. The van der Waals surface area contributed by atoms with Crippen molar-refractivity contribution in [3.63, 3.8) is 0 Å². The smallest absolute Gasteiger partial charge is 0.416 e. The van der Waals surface area contributed by atoms with Crippen LogP contribution in [0.3, 0.4) is 0 Å². The summed E-state index contributed by atoms with van der Waals surface area (Å²) in [5, 5.41) is 13.7. The highest BCUT2D eigenvalue weighted by molar-refractivity contribution is 14.1. The molecule has 48 heavy (non-hydrogen) atoms. The Balaban J connectivity index is 1.42. The molecule has 1 heterocycles. The number of anilines is 1. The van der Waals surface area contributed by atoms with E-state index in [4.69, 9.17) is 14.2 Å². The average Bonchev–Trinajstić information content (AvgIpc) is 3.04. The third-order valence-corrected chi connectivity index (χ3v) is 7.58. The standard InChI is InChI=1S/C33H23F3IN3O8/c1-2-46-28-16-20(15-25(37)29(28)48-27-13-8-21(33(34,35)36)17-26(27)40(44)45)14-24-30(41)38-32(43)39(31(24)42)22-9-11-23(12-10-22)47-18-19-6-4-3-5-7-19/h3-17H,2,18H2,1H3,(H,38,41,43)/b24-14+. The molecule has 0 radical (unpaired) electrons. The molecule has 4 aromatic rings. The van der Waals surface area contributed by atoms with Crippen LogP contribution in [-0.2, 0) is 22.4 Å². The Labute approximate surface area is 284 Å². The number of benzene rings is 4. The van der Waals surface area contributed by atoms with Gasteiger partial charge in [-0.1, -0.05) is 30.3 Å². The fourth-order valence-corrected chi connectivity index (χ4v) is 5.29. The zero-order valence-corrected chi connectivity index (χ0v) is 26.9. The first-order valence-electron chi connectivity index (χ1n) is 14.0. The lowest BCUT2D eigenvalue weighted by atomic mass is 10.1. The first-order valence-corrected chi connectivity index (χ1v) is 15.1. The molecule has 11 nitrogen and oxygen atoms in total. The molecule has 1 aliphatic heterocycles. The van der Waals surface area contributed by atoms with E-state index >= 15 is 0 Å². The lowest BCUT2D eigenvalue weighted by Crippen LogP contribution is -2.54. The number of alkyl halides is 3. The van der Waals surface area contributed by atoms with Crippen LogP contribution >= 0.6 is 22.6 Å². The molecule has 4 amide bonds. The molecule has 0 aromatic heterocycles. The van der Waals surface area contributed by atoms with Gasteiger partial charge < -0.3 is 14.2 Å². The van der Waals surface area contributed by atoms with Crippen LogP contribution in [0.1, 0.15) is 23.6 Å². The van der Waals surface area contributed by atoms with Gasteiger partial charge in [0.05, 0.1) is 26.4 Å². The number of carbonyl (C=O) groups is 3. The number of hydrogen-bond donors (Lipinski definition) is 1. The van der Waals surface area contributed by atoms with Crippen molar-refractivity contribution < 1.29 is 46.7 Å². The van der Waals surface area contributed by atoms with Crippen molar-refractivity contribution in [3.8, 4) is 23.0 Å². The number of carbonyl (C=O) groups excluding carboxylic acids is 3. The average molecular weight is 773 g/mol. The Morgan fingerprint density at radius 1 is 0.938 bits per heavy atom. The highest BCUT2D eigenvalue weighted by Gasteiger charge is 2.37. The minimum absolute atomic E-state index is 0.0214. The van der Waals surface area contributed by atoms with Gasteiger partial charge in [-0.05, 0) is 95.2 Å². The molecule has 0 atom stereocenters. The molecular formula is C33H23F3IN3O8. The molecule has 0 aliphatic carbocycles. The molecular weight excluding hydrogens is 750 g/mol. The summed E-state index contributed by atoms with van der Waals surface area (Å²) < 4.78 is 56.9. The zero-order chi connectivity index (χ0) is 34.6. The van der Waals surface area contributed by atoms with E-state index in [9.17, 15) is 37.7 Å². The number of nitro groups is 1. The minimum Gasteiger partial charge on any atom is -0.490 e. The Hall–Kier alpha value is -5.45. The molecule has 5 rings (SSSR count). The van der Waals surface area contributed by atoms with E-state index < -0.39 is 45.9 Å². The summed E-state index contributed by atoms with van der Waals surface area (Å²) in [5.74, 6) is -1.86. The van der Waals surface area contributed by atoms with Crippen LogP contribution in [-0.4, -0.2) is 29.4 Å². The molecule has 246 valence electrons. The fourth-order valence-electron chi connectivity index (χ4n) is 4.56. The maximum Gasteiger partial charge on any atom is 0.416 e. The summed E-state index contributed by atoms with van der Waals surface area (Å²) >= 11 is 1.82. The minimum atomic E-state index is -4.81. The second kappa shape index (κ2) is 14.1. The van der Waals surface area contributed by atoms with E-state index in [0.29, 0.717) is 24.5 Å². The fraction of sp³-hybridized carbons (Fsp3) is 0.121. The number of halogens is 4. The molecule has 15 heteroatoms. The number of nitro benzene ring substituents is 1. The Morgan fingerprint density at radius 3 is 2.29 bits per heavy atom. The van der Waals surface area contributed by atoms with E-state index in [1.165, 1.54) is 30.3 Å². The van der Waals surface area contributed by atoms with Crippen molar-refractivity contribution in [2.45, 2.75) is 19.7 Å². The van der Waals surface area contributed by atoms with Gasteiger partial charge in [0.25, 0.3) is 11.8 Å². The normalized spacial score (nSPS) is 14.1. The summed E-state index contributed by atoms with van der Waals surface area (Å²) in [4.78, 5) is 50.4. The van der Waals surface area contributed by atoms with Crippen molar-refractivity contribution in [1.82, 2.24) is 5.32 Å². The van der Waals surface area contributed by atoms with Gasteiger partial charge in [0.15, 0.2) is 11.5 Å². The van der Waals surface area contributed by atoms with Crippen LogP contribution < -0.4 is 24.4 Å². The topological polar surface area (TPSA) is 137 Å². The Bertz CT molecular complexity index is 1930. The molecule has 1 saturated heterocycles.